The van der Waals surface area contributed by atoms with Crippen LogP contribution in [0.15, 0.2) is 36.4 Å². The highest BCUT2D eigenvalue weighted by atomic mass is 35.5. The molecule has 3 N–H and O–H groups in total. The van der Waals surface area contributed by atoms with E-state index >= 15 is 0 Å². The molecular weight excluding hydrogens is 279 g/mol. The normalized spacial score (nSPS) is 10.3. The molecule has 0 aromatic heterocycles. The number of nitrogen functional groups attached to an aromatic ring is 1. The number of carbonyl (C=O) groups is 1. The summed E-state index contributed by atoms with van der Waals surface area (Å²) in [5, 5.41) is 2.97. The molecule has 0 heterocycles. The maximum atomic E-state index is 13.5. The van der Waals surface area contributed by atoms with Crippen LogP contribution in [0, 0.1) is 12.7 Å². The number of anilines is 1. The highest BCUT2D eigenvalue weighted by Gasteiger charge is 2.12. The first-order valence-electron chi connectivity index (χ1n) is 6.06. The molecule has 1 amide bonds. The van der Waals surface area contributed by atoms with Gasteiger partial charge in [-0.2, -0.15) is 0 Å². The Morgan fingerprint density at radius 3 is 2.85 bits per heavy atom. The Bertz CT molecular complexity index is 658. The average molecular weight is 293 g/mol. The van der Waals surface area contributed by atoms with Gasteiger partial charge in [0.15, 0.2) is 0 Å². The molecule has 0 unspecified atom stereocenters. The Kier molecular flexibility index (Phi) is 4.25. The van der Waals surface area contributed by atoms with Gasteiger partial charge in [-0.1, -0.05) is 23.7 Å². The lowest BCUT2D eigenvalue weighted by molar-refractivity contribution is 0.0947. The Morgan fingerprint density at radius 2 is 2.10 bits per heavy atom. The number of benzene rings is 2. The monoisotopic (exact) mass is 292 g/mol. The molecule has 3 nitrogen and oxygen atoms in total. The second-order valence-electron chi connectivity index (χ2n) is 4.44. The van der Waals surface area contributed by atoms with Crippen molar-refractivity contribution in [2.75, 3.05) is 5.73 Å². The van der Waals surface area contributed by atoms with Gasteiger partial charge in [-0.05, 0) is 42.3 Å². The zero-order valence-corrected chi connectivity index (χ0v) is 11.7. The zero-order chi connectivity index (χ0) is 14.7. The largest absolute Gasteiger partial charge is 0.399 e. The quantitative estimate of drug-likeness (QED) is 0.853. The van der Waals surface area contributed by atoms with Crippen LogP contribution in [0.2, 0.25) is 5.02 Å². The summed E-state index contributed by atoms with van der Waals surface area (Å²) in [6, 6.07) is 9.33. The number of hydrogen-bond donors (Lipinski definition) is 2. The van der Waals surface area contributed by atoms with E-state index in [0.717, 1.165) is 11.1 Å². The van der Waals surface area contributed by atoms with Crippen molar-refractivity contribution in [1.29, 1.82) is 0 Å². The minimum absolute atomic E-state index is 0.0703. The minimum Gasteiger partial charge on any atom is -0.399 e. The van der Waals surface area contributed by atoms with E-state index in [1.807, 2.05) is 19.1 Å². The maximum absolute atomic E-state index is 13.5. The van der Waals surface area contributed by atoms with Crippen molar-refractivity contribution in [3.8, 4) is 0 Å². The van der Waals surface area contributed by atoms with Crippen LogP contribution in [-0.2, 0) is 6.54 Å². The van der Waals surface area contributed by atoms with Crippen LogP contribution < -0.4 is 11.1 Å². The van der Waals surface area contributed by atoms with Gasteiger partial charge in [0, 0.05) is 17.3 Å². The molecule has 20 heavy (non-hydrogen) atoms. The zero-order valence-electron chi connectivity index (χ0n) is 10.9. The minimum atomic E-state index is -0.601. The lowest BCUT2D eigenvalue weighted by atomic mass is 10.1. The van der Waals surface area contributed by atoms with E-state index < -0.39 is 11.7 Å². The van der Waals surface area contributed by atoms with Crippen LogP contribution in [0.5, 0.6) is 0 Å². The van der Waals surface area contributed by atoms with Gasteiger partial charge in [0.05, 0.1) is 5.56 Å². The number of nitrogens with one attached hydrogen (secondary N) is 1. The fourth-order valence-corrected chi connectivity index (χ4v) is 2.01. The van der Waals surface area contributed by atoms with Crippen LogP contribution in [0.1, 0.15) is 21.5 Å². The maximum Gasteiger partial charge on any atom is 0.254 e. The third-order valence-electron chi connectivity index (χ3n) is 3.10. The number of hydrogen-bond acceptors (Lipinski definition) is 2. The van der Waals surface area contributed by atoms with E-state index in [9.17, 15) is 9.18 Å². The van der Waals surface area contributed by atoms with Crippen molar-refractivity contribution in [3.05, 3.63) is 63.9 Å². The van der Waals surface area contributed by atoms with E-state index in [-0.39, 0.29) is 12.1 Å². The van der Waals surface area contributed by atoms with Gasteiger partial charge in [0.25, 0.3) is 5.91 Å². The van der Waals surface area contributed by atoms with Gasteiger partial charge in [0.1, 0.15) is 5.82 Å². The Morgan fingerprint density at radius 1 is 1.35 bits per heavy atom. The average Bonchev–Trinajstić information content (AvgIpc) is 2.43. The van der Waals surface area contributed by atoms with Crippen molar-refractivity contribution < 1.29 is 9.18 Å². The third kappa shape index (κ3) is 3.08. The fraction of sp³-hybridized carbons (Fsp3) is 0.133. The summed E-state index contributed by atoms with van der Waals surface area (Å²) in [5.41, 5.74) is 8.17. The van der Waals surface area contributed by atoms with Gasteiger partial charge in [-0.15, -0.1) is 0 Å². The number of carbonyl (C=O) groups excluding carboxylic acids is 1. The number of amides is 1. The molecule has 0 bridgehead atoms. The van der Waals surface area contributed by atoms with Crippen molar-refractivity contribution in [3.63, 3.8) is 0 Å². The molecular formula is C15H14ClFN2O. The molecule has 0 radical (unpaired) electrons. The van der Waals surface area contributed by atoms with Crippen LogP contribution in [0.4, 0.5) is 10.1 Å². The first kappa shape index (κ1) is 14.3. The predicted molar refractivity (Wildman–Crippen MR) is 78.2 cm³/mol. The molecule has 0 aliphatic rings. The smallest absolute Gasteiger partial charge is 0.254 e. The fourth-order valence-electron chi connectivity index (χ4n) is 1.84. The number of nitrogens with two attached hydrogens (primary N) is 1. The van der Waals surface area contributed by atoms with Crippen molar-refractivity contribution in [1.82, 2.24) is 5.32 Å². The van der Waals surface area contributed by atoms with Gasteiger partial charge >= 0.3 is 0 Å². The van der Waals surface area contributed by atoms with Crippen LogP contribution >= 0.6 is 11.6 Å². The Labute approximate surface area is 121 Å². The molecule has 104 valence electrons. The molecule has 5 heteroatoms. The molecule has 0 spiro atoms. The molecule has 0 atom stereocenters. The first-order chi connectivity index (χ1) is 9.49. The van der Waals surface area contributed by atoms with Gasteiger partial charge < -0.3 is 11.1 Å². The van der Waals surface area contributed by atoms with Crippen LogP contribution in [-0.4, -0.2) is 5.91 Å². The number of halogens is 2. The molecule has 0 saturated heterocycles. The van der Waals surface area contributed by atoms with Crippen LogP contribution in [0.25, 0.3) is 0 Å². The second kappa shape index (κ2) is 5.92. The van der Waals surface area contributed by atoms with Gasteiger partial charge in [-0.3, -0.25) is 4.79 Å². The lowest BCUT2D eigenvalue weighted by Crippen LogP contribution is -2.24. The molecule has 0 fully saturated rings. The van der Waals surface area contributed by atoms with Crippen molar-refractivity contribution in [2.24, 2.45) is 0 Å². The van der Waals surface area contributed by atoms with Crippen molar-refractivity contribution >= 4 is 23.2 Å². The van der Waals surface area contributed by atoms with Crippen molar-refractivity contribution in [2.45, 2.75) is 13.5 Å². The third-order valence-corrected chi connectivity index (χ3v) is 3.34. The van der Waals surface area contributed by atoms with E-state index in [0.29, 0.717) is 10.7 Å². The SMILES string of the molecule is Cc1c(N)cccc1CNC(=O)c1cc(Cl)ccc1F. The summed E-state index contributed by atoms with van der Waals surface area (Å²) < 4.78 is 13.5. The Hall–Kier alpha value is -2.07. The topological polar surface area (TPSA) is 55.1 Å². The summed E-state index contributed by atoms with van der Waals surface area (Å²) in [5.74, 6) is -1.11. The molecule has 0 aliphatic heterocycles. The molecule has 0 saturated carbocycles. The second-order valence-corrected chi connectivity index (χ2v) is 4.87. The van der Waals surface area contributed by atoms with Gasteiger partial charge in [-0.25, -0.2) is 4.39 Å². The Balaban J connectivity index is 2.13. The highest BCUT2D eigenvalue weighted by Crippen LogP contribution is 2.17. The molecule has 2 rings (SSSR count). The summed E-state index contributed by atoms with van der Waals surface area (Å²) in [7, 11) is 0. The summed E-state index contributed by atoms with van der Waals surface area (Å²) in [4.78, 5) is 11.9. The summed E-state index contributed by atoms with van der Waals surface area (Å²) in [6.07, 6.45) is 0. The van der Waals surface area contributed by atoms with Gasteiger partial charge in [0.2, 0.25) is 0 Å². The standard InChI is InChI=1S/C15H14ClFN2O/c1-9-10(3-2-4-14(9)18)8-19-15(20)12-7-11(16)5-6-13(12)17/h2-7H,8,18H2,1H3,(H,19,20). The summed E-state index contributed by atoms with van der Waals surface area (Å²) >= 11 is 5.76. The summed E-state index contributed by atoms with van der Waals surface area (Å²) in [6.45, 7) is 2.15. The van der Waals surface area contributed by atoms with E-state index in [1.165, 1.54) is 18.2 Å². The number of rotatable bonds is 3. The molecule has 2 aromatic rings. The highest BCUT2D eigenvalue weighted by molar-refractivity contribution is 6.31. The van der Waals surface area contributed by atoms with E-state index in [2.05, 4.69) is 5.32 Å². The van der Waals surface area contributed by atoms with Crippen LogP contribution in [0.3, 0.4) is 0 Å². The molecule has 2 aromatic carbocycles. The first-order valence-corrected chi connectivity index (χ1v) is 6.44. The lowest BCUT2D eigenvalue weighted by Gasteiger charge is -2.10. The van der Waals surface area contributed by atoms with E-state index in [4.69, 9.17) is 17.3 Å². The molecule has 0 aliphatic carbocycles. The predicted octanol–water partition coefficient (Wildman–Crippen LogP) is 3.30. The van der Waals surface area contributed by atoms with E-state index in [1.54, 1.807) is 6.07 Å².